The van der Waals surface area contributed by atoms with Crippen molar-refractivity contribution in [2.45, 2.75) is 6.10 Å². The third kappa shape index (κ3) is 3.70. The van der Waals surface area contributed by atoms with Crippen LogP contribution in [0.1, 0.15) is 22.0 Å². The van der Waals surface area contributed by atoms with Crippen LogP contribution >= 0.6 is 0 Å². The summed E-state index contributed by atoms with van der Waals surface area (Å²) < 4.78 is 5.06. The second-order valence-corrected chi connectivity index (χ2v) is 4.46. The van der Waals surface area contributed by atoms with Gasteiger partial charge >= 0.3 is 0 Å². The largest absolute Gasteiger partial charge is 0.497 e. The molecule has 1 atom stereocenters. The van der Waals surface area contributed by atoms with E-state index in [2.05, 4.69) is 10.3 Å². The minimum Gasteiger partial charge on any atom is -0.497 e. The van der Waals surface area contributed by atoms with Crippen LogP contribution in [0.25, 0.3) is 0 Å². The van der Waals surface area contributed by atoms with Crippen molar-refractivity contribution in [2.24, 2.45) is 5.73 Å². The Balaban J connectivity index is 2.03. The fraction of sp³-hybridized carbons (Fsp3) is 0.200. The maximum atomic E-state index is 11.3. The quantitative estimate of drug-likeness (QED) is 0.744. The van der Waals surface area contributed by atoms with E-state index in [9.17, 15) is 9.90 Å². The lowest BCUT2D eigenvalue weighted by Gasteiger charge is -2.15. The van der Waals surface area contributed by atoms with Gasteiger partial charge in [0.05, 0.1) is 24.5 Å². The van der Waals surface area contributed by atoms with Crippen LogP contribution < -0.4 is 15.8 Å². The molecule has 1 aromatic heterocycles. The van der Waals surface area contributed by atoms with Crippen LogP contribution in [-0.2, 0) is 0 Å². The first kappa shape index (κ1) is 14.8. The predicted octanol–water partition coefficient (Wildman–Crippen LogP) is 1.33. The monoisotopic (exact) mass is 287 g/mol. The Labute approximate surface area is 122 Å². The van der Waals surface area contributed by atoms with Crippen molar-refractivity contribution in [3.63, 3.8) is 0 Å². The first-order valence-electron chi connectivity index (χ1n) is 6.41. The molecule has 4 N–H and O–H groups in total. The zero-order valence-corrected chi connectivity index (χ0v) is 11.6. The molecule has 0 aliphatic rings. The number of carbonyl (C=O) groups is 1. The van der Waals surface area contributed by atoms with Crippen molar-refractivity contribution in [1.29, 1.82) is 0 Å². The van der Waals surface area contributed by atoms with Gasteiger partial charge in [-0.3, -0.25) is 9.78 Å². The summed E-state index contributed by atoms with van der Waals surface area (Å²) in [5.74, 6) is 0.161. The first-order chi connectivity index (χ1) is 10.1. The van der Waals surface area contributed by atoms with Gasteiger partial charge in [0.2, 0.25) is 0 Å². The smallest absolute Gasteiger partial charge is 0.252 e. The number of aliphatic hydroxyl groups excluding tert-OH is 1. The lowest BCUT2D eigenvalue weighted by molar-refractivity contribution is 0.100. The van der Waals surface area contributed by atoms with E-state index in [0.29, 0.717) is 11.3 Å². The van der Waals surface area contributed by atoms with Gasteiger partial charge in [-0.05, 0) is 23.8 Å². The van der Waals surface area contributed by atoms with E-state index in [1.165, 1.54) is 6.20 Å². The summed E-state index contributed by atoms with van der Waals surface area (Å²) in [4.78, 5) is 15.1. The Hall–Kier alpha value is -2.60. The Morgan fingerprint density at radius 3 is 2.71 bits per heavy atom. The normalized spacial score (nSPS) is 11.7. The molecule has 0 saturated carbocycles. The number of methoxy groups -OCH3 is 1. The number of carbonyl (C=O) groups excluding carboxylic acids is 1. The molecule has 0 fully saturated rings. The molecule has 0 aliphatic carbocycles. The molecule has 110 valence electrons. The summed E-state index contributed by atoms with van der Waals surface area (Å²) in [5.41, 5.74) is 6.85. The highest BCUT2D eigenvalue weighted by Gasteiger charge is 2.11. The topological polar surface area (TPSA) is 97.5 Å². The van der Waals surface area contributed by atoms with Crippen molar-refractivity contribution in [1.82, 2.24) is 4.98 Å². The summed E-state index contributed by atoms with van der Waals surface area (Å²) in [5, 5.41) is 13.1. The summed E-state index contributed by atoms with van der Waals surface area (Å²) in [6.45, 7) is 0.247. The van der Waals surface area contributed by atoms with Crippen LogP contribution in [0.2, 0.25) is 0 Å². The second-order valence-electron chi connectivity index (χ2n) is 4.46. The standard InChI is InChI=1S/C15H17N3O3/c1-21-11-4-2-10(3-5-11)14(19)9-18-13-6-7-17-8-12(13)15(16)20/h2-8,14,19H,9H2,1H3,(H2,16,20)(H,17,18). The number of nitrogens with one attached hydrogen (secondary N) is 1. The summed E-state index contributed by atoms with van der Waals surface area (Å²) in [6.07, 6.45) is 2.23. The lowest BCUT2D eigenvalue weighted by atomic mass is 10.1. The molecule has 1 unspecified atom stereocenters. The number of rotatable bonds is 6. The Morgan fingerprint density at radius 2 is 2.10 bits per heavy atom. The van der Waals surface area contributed by atoms with Gasteiger partial charge in [-0.2, -0.15) is 0 Å². The fourth-order valence-electron chi connectivity index (χ4n) is 1.90. The molecule has 0 bridgehead atoms. The predicted molar refractivity (Wildman–Crippen MR) is 79.2 cm³/mol. The van der Waals surface area contributed by atoms with E-state index in [0.717, 1.165) is 11.3 Å². The van der Waals surface area contributed by atoms with Crippen LogP contribution in [0.15, 0.2) is 42.7 Å². The number of anilines is 1. The number of aliphatic hydroxyl groups is 1. The number of hydrogen-bond donors (Lipinski definition) is 3. The van der Waals surface area contributed by atoms with Gasteiger partial charge in [-0.25, -0.2) is 0 Å². The van der Waals surface area contributed by atoms with Gasteiger partial charge in [0, 0.05) is 18.9 Å². The van der Waals surface area contributed by atoms with Crippen molar-refractivity contribution in [3.05, 3.63) is 53.9 Å². The van der Waals surface area contributed by atoms with E-state index in [1.54, 1.807) is 43.6 Å². The zero-order valence-electron chi connectivity index (χ0n) is 11.6. The van der Waals surface area contributed by atoms with E-state index in [4.69, 9.17) is 10.5 Å². The van der Waals surface area contributed by atoms with Crippen molar-refractivity contribution in [2.75, 3.05) is 19.0 Å². The molecule has 0 aliphatic heterocycles. The Bertz CT molecular complexity index is 614. The third-order valence-corrected chi connectivity index (χ3v) is 3.07. The maximum Gasteiger partial charge on any atom is 0.252 e. The number of nitrogens with two attached hydrogens (primary N) is 1. The molecule has 1 heterocycles. The Kier molecular flexibility index (Phi) is 4.73. The second kappa shape index (κ2) is 6.71. The van der Waals surface area contributed by atoms with Gasteiger partial charge in [0.15, 0.2) is 0 Å². The molecule has 2 aromatic rings. The SMILES string of the molecule is COc1ccc(C(O)CNc2ccncc2C(N)=O)cc1. The molecule has 1 aromatic carbocycles. The molecule has 0 radical (unpaired) electrons. The molecular formula is C15H17N3O3. The van der Waals surface area contributed by atoms with Gasteiger partial charge in [-0.1, -0.05) is 12.1 Å². The van der Waals surface area contributed by atoms with Crippen LogP contribution in [0.5, 0.6) is 5.75 Å². The van der Waals surface area contributed by atoms with Crippen LogP contribution in [0, 0.1) is 0 Å². The van der Waals surface area contributed by atoms with Crippen molar-refractivity contribution >= 4 is 11.6 Å². The minimum absolute atomic E-state index is 0.247. The molecule has 0 spiro atoms. The molecular weight excluding hydrogens is 270 g/mol. The fourth-order valence-corrected chi connectivity index (χ4v) is 1.90. The number of pyridine rings is 1. The molecule has 21 heavy (non-hydrogen) atoms. The summed E-state index contributed by atoms with van der Waals surface area (Å²) in [7, 11) is 1.59. The average Bonchev–Trinajstić information content (AvgIpc) is 2.52. The van der Waals surface area contributed by atoms with E-state index >= 15 is 0 Å². The van der Waals surface area contributed by atoms with Crippen LogP contribution in [-0.4, -0.2) is 29.7 Å². The number of benzene rings is 1. The van der Waals surface area contributed by atoms with Gasteiger partial charge in [0.1, 0.15) is 5.75 Å². The molecule has 1 amide bonds. The molecule has 6 nitrogen and oxygen atoms in total. The number of aromatic nitrogens is 1. The highest BCUT2D eigenvalue weighted by molar-refractivity contribution is 5.98. The average molecular weight is 287 g/mol. The number of ether oxygens (including phenoxy) is 1. The molecule has 0 saturated heterocycles. The highest BCUT2D eigenvalue weighted by Crippen LogP contribution is 2.19. The molecule has 6 heteroatoms. The van der Waals surface area contributed by atoms with Gasteiger partial charge in [-0.15, -0.1) is 0 Å². The third-order valence-electron chi connectivity index (χ3n) is 3.07. The number of primary amides is 1. The zero-order chi connectivity index (χ0) is 15.2. The Morgan fingerprint density at radius 1 is 1.38 bits per heavy atom. The van der Waals surface area contributed by atoms with Gasteiger partial charge < -0.3 is 20.9 Å². The summed E-state index contributed by atoms with van der Waals surface area (Å²) in [6, 6.07) is 8.76. The number of amides is 1. The van der Waals surface area contributed by atoms with Crippen LogP contribution in [0.3, 0.4) is 0 Å². The van der Waals surface area contributed by atoms with Crippen molar-refractivity contribution < 1.29 is 14.6 Å². The van der Waals surface area contributed by atoms with E-state index in [1.807, 2.05) is 0 Å². The first-order valence-corrected chi connectivity index (χ1v) is 6.41. The number of nitrogens with zero attached hydrogens (tertiary/aromatic N) is 1. The van der Waals surface area contributed by atoms with Crippen molar-refractivity contribution in [3.8, 4) is 5.75 Å². The summed E-state index contributed by atoms with van der Waals surface area (Å²) >= 11 is 0. The van der Waals surface area contributed by atoms with E-state index in [-0.39, 0.29) is 6.54 Å². The van der Waals surface area contributed by atoms with Gasteiger partial charge in [0.25, 0.3) is 5.91 Å². The maximum absolute atomic E-state index is 11.3. The highest BCUT2D eigenvalue weighted by atomic mass is 16.5. The van der Waals surface area contributed by atoms with E-state index < -0.39 is 12.0 Å². The number of hydrogen-bond acceptors (Lipinski definition) is 5. The molecule has 2 rings (SSSR count). The lowest BCUT2D eigenvalue weighted by Crippen LogP contribution is -2.17. The minimum atomic E-state index is -0.718. The van der Waals surface area contributed by atoms with Crippen LogP contribution in [0.4, 0.5) is 5.69 Å².